The quantitative estimate of drug-likeness (QED) is 0.175. The lowest BCUT2D eigenvalue weighted by Crippen LogP contribution is -2.71. The van der Waals surface area contributed by atoms with Crippen LogP contribution in [0.3, 0.4) is 0 Å². The monoisotopic (exact) mass is 936 g/mol. The van der Waals surface area contributed by atoms with Crippen LogP contribution in [0.25, 0.3) is 11.1 Å². The van der Waals surface area contributed by atoms with Gasteiger partial charge in [-0.25, -0.2) is 0 Å². The van der Waals surface area contributed by atoms with E-state index in [1.807, 2.05) is 0 Å². The molecule has 2 amide bonds. The molecule has 0 atom stereocenters. The molecule has 0 aliphatic carbocycles. The molecule has 0 saturated heterocycles. The third-order valence-electron chi connectivity index (χ3n) is 7.67. The maximum atomic E-state index is 14.3. The number of halogens is 26. The van der Waals surface area contributed by atoms with Crippen LogP contribution in [-0.4, -0.2) is 97.6 Å². The molecule has 32 heteroatoms. The van der Waals surface area contributed by atoms with Gasteiger partial charge in [0.2, 0.25) is 0 Å². The van der Waals surface area contributed by atoms with Crippen molar-refractivity contribution < 1.29 is 133 Å². The Balaban J connectivity index is 2.50. The van der Waals surface area contributed by atoms with Gasteiger partial charge in [0.05, 0.1) is 25.6 Å². The van der Waals surface area contributed by atoms with Gasteiger partial charge in [0, 0.05) is 0 Å². The third-order valence-corrected chi connectivity index (χ3v) is 7.67. The van der Waals surface area contributed by atoms with Crippen molar-refractivity contribution in [2.45, 2.75) is 71.6 Å². The zero-order valence-electron chi connectivity index (χ0n) is 27.9. The van der Waals surface area contributed by atoms with E-state index in [-0.39, 0.29) is 12.1 Å². The van der Waals surface area contributed by atoms with Crippen LogP contribution in [0.1, 0.15) is 0 Å². The van der Waals surface area contributed by atoms with Crippen molar-refractivity contribution >= 4 is 23.2 Å². The highest BCUT2D eigenvalue weighted by Crippen LogP contribution is 2.62. The summed E-state index contributed by atoms with van der Waals surface area (Å²) in [5.74, 6) is -89.9. The van der Waals surface area contributed by atoms with E-state index in [1.165, 1.54) is 0 Å². The normalized spacial score (nSPS) is 14.8. The molecule has 342 valence electrons. The molecule has 0 heterocycles. The second-order valence-electron chi connectivity index (χ2n) is 11.5. The molecule has 0 aliphatic heterocycles. The summed E-state index contributed by atoms with van der Waals surface area (Å²) >= 11 is 0. The molecule has 2 aromatic rings. The number of anilines is 2. The minimum Gasteiger partial charge on any atom is -0.495 e. The maximum absolute atomic E-state index is 14.3. The van der Waals surface area contributed by atoms with Gasteiger partial charge in [-0.05, 0) is 35.4 Å². The Labute approximate surface area is 312 Å². The average Bonchev–Trinajstić information content (AvgIpc) is 3.10. The molecule has 0 saturated carbocycles. The van der Waals surface area contributed by atoms with E-state index < -0.39 is 117 Å². The van der Waals surface area contributed by atoms with E-state index in [0.717, 1.165) is 0 Å². The number of hydrogen-bond donors (Lipinski definition) is 2. The first-order chi connectivity index (χ1) is 26.4. The van der Waals surface area contributed by atoms with Gasteiger partial charge < -0.3 is 20.1 Å². The van der Waals surface area contributed by atoms with Gasteiger partial charge in [0.15, 0.2) is 0 Å². The number of alkyl halides is 26. The fourth-order valence-electron chi connectivity index (χ4n) is 4.17. The number of ether oxygens (including phenoxy) is 2. The highest BCUT2D eigenvalue weighted by molar-refractivity contribution is 5.99. The molecule has 0 spiro atoms. The standard InChI is InChI=1S/C28H14F26N2O4/c1-59-13-7-9(3-5-11(13)55-15(57)17(29,30)19(33,34)21(37,38)23(41,42)25(45,46)27(49,50)51)10-4-6-12(14(8-10)60-2)56-16(58)18(31,32)20(35,36)22(39,40)24(43,44)26(47,48)28(52,53)54/h3-8H,1-2H3,(H,55,57)(H,56,58). The molecule has 0 fully saturated rings. The predicted octanol–water partition coefficient (Wildman–Crippen LogP) is 10.7. The van der Waals surface area contributed by atoms with Gasteiger partial charge in [0.1, 0.15) is 11.5 Å². The molecular formula is C28H14F26N2O4. The second kappa shape index (κ2) is 15.0. The first-order valence-corrected chi connectivity index (χ1v) is 14.3. The van der Waals surface area contributed by atoms with Crippen LogP contribution in [0.15, 0.2) is 36.4 Å². The summed E-state index contributed by atoms with van der Waals surface area (Å²) in [7, 11) is 1.10. The lowest BCUT2D eigenvalue weighted by molar-refractivity contribution is -0.436. The van der Waals surface area contributed by atoms with Crippen LogP contribution in [-0.2, 0) is 9.59 Å². The number of benzene rings is 2. The van der Waals surface area contributed by atoms with E-state index in [9.17, 15) is 124 Å². The smallest absolute Gasteiger partial charge is 0.460 e. The summed E-state index contributed by atoms with van der Waals surface area (Å²) in [5.41, 5.74) is -3.62. The molecule has 0 aliphatic rings. The lowest BCUT2D eigenvalue weighted by atomic mass is 9.93. The first kappa shape index (κ1) is 51.3. The van der Waals surface area contributed by atoms with Crippen molar-refractivity contribution in [1.82, 2.24) is 0 Å². The number of amides is 2. The molecule has 0 radical (unpaired) electrons. The number of carbonyl (C=O) groups is 2. The van der Waals surface area contributed by atoms with Gasteiger partial charge in [0.25, 0.3) is 0 Å². The van der Waals surface area contributed by atoms with Crippen molar-refractivity contribution in [3.63, 3.8) is 0 Å². The van der Waals surface area contributed by atoms with Gasteiger partial charge in [-0.3, -0.25) is 9.59 Å². The van der Waals surface area contributed by atoms with Gasteiger partial charge >= 0.3 is 83.4 Å². The van der Waals surface area contributed by atoms with Crippen LogP contribution < -0.4 is 20.1 Å². The van der Waals surface area contributed by atoms with Crippen LogP contribution in [0, 0.1) is 0 Å². The highest BCUT2D eigenvalue weighted by atomic mass is 19.4. The topological polar surface area (TPSA) is 76.7 Å². The zero-order valence-corrected chi connectivity index (χ0v) is 27.9. The predicted molar refractivity (Wildman–Crippen MR) is 144 cm³/mol. The van der Waals surface area contributed by atoms with Gasteiger partial charge in [-0.2, -0.15) is 114 Å². The number of rotatable bonds is 15. The summed E-state index contributed by atoms with van der Waals surface area (Å²) in [5, 5.41) is 1.42. The van der Waals surface area contributed by atoms with Crippen molar-refractivity contribution in [1.29, 1.82) is 0 Å². The SMILES string of the molecule is COc1cc(-c2ccc(NC(=O)C(F)(F)C(F)(F)C(F)(F)C(F)(F)C(F)(F)C(F)(F)F)c(OC)c2)ccc1NC(=O)C(F)(F)C(F)(F)C(F)(F)C(F)(F)C(F)(F)C(F)(F)F. The van der Waals surface area contributed by atoms with Crippen molar-refractivity contribution in [2.75, 3.05) is 24.9 Å². The molecule has 2 N–H and O–H groups in total. The number of nitrogens with one attached hydrogen (secondary N) is 2. The van der Waals surface area contributed by atoms with Crippen LogP contribution in [0.5, 0.6) is 11.5 Å². The highest BCUT2D eigenvalue weighted by Gasteiger charge is 2.93. The summed E-state index contributed by atoms with van der Waals surface area (Å²) in [4.78, 5) is 23.9. The zero-order chi connectivity index (χ0) is 47.7. The lowest BCUT2D eigenvalue weighted by Gasteiger charge is -2.39. The van der Waals surface area contributed by atoms with Gasteiger partial charge in [-0.15, -0.1) is 0 Å². The molecule has 0 unspecified atom stereocenters. The fourth-order valence-corrected chi connectivity index (χ4v) is 4.17. The Morgan fingerprint density at radius 1 is 0.383 bits per heavy atom. The molecule has 60 heavy (non-hydrogen) atoms. The second-order valence-corrected chi connectivity index (χ2v) is 11.5. The van der Waals surface area contributed by atoms with E-state index in [0.29, 0.717) is 49.1 Å². The Kier molecular flexibility index (Phi) is 12.8. The van der Waals surface area contributed by atoms with E-state index >= 15 is 0 Å². The van der Waals surface area contributed by atoms with E-state index in [4.69, 9.17) is 0 Å². The molecule has 6 nitrogen and oxygen atoms in total. The summed E-state index contributed by atoms with van der Waals surface area (Å²) in [6, 6.07) is 2.66. The first-order valence-electron chi connectivity index (χ1n) is 14.3. The fraction of sp³-hybridized carbons (Fsp3) is 0.500. The maximum Gasteiger partial charge on any atom is 0.460 e. The Morgan fingerprint density at radius 3 is 0.833 bits per heavy atom. The number of carbonyl (C=O) groups excluding carboxylic acids is 2. The molecular weight excluding hydrogens is 922 g/mol. The van der Waals surface area contributed by atoms with Crippen LogP contribution in [0.2, 0.25) is 0 Å². The minimum absolute atomic E-state index is 0.286. The Hall–Kier alpha value is -4.84. The molecule has 0 aromatic heterocycles. The van der Waals surface area contributed by atoms with E-state index in [1.54, 1.807) is 0 Å². The van der Waals surface area contributed by atoms with Crippen LogP contribution in [0.4, 0.5) is 126 Å². The van der Waals surface area contributed by atoms with Crippen LogP contribution >= 0.6 is 0 Å². The van der Waals surface area contributed by atoms with Gasteiger partial charge in [-0.1, -0.05) is 12.1 Å². The average molecular weight is 936 g/mol. The summed E-state index contributed by atoms with van der Waals surface area (Å²) in [6.45, 7) is 0. The number of methoxy groups -OCH3 is 2. The Morgan fingerprint density at radius 2 is 0.617 bits per heavy atom. The molecule has 2 rings (SSSR count). The minimum atomic E-state index is -8.34. The Bertz CT molecular complexity index is 1800. The van der Waals surface area contributed by atoms with Crippen molar-refractivity contribution in [2.24, 2.45) is 0 Å². The van der Waals surface area contributed by atoms with Crippen molar-refractivity contribution in [3.8, 4) is 22.6 Å². The summed E-state index contributed by atoms with van der Waals surface area (Å²) in [6.07, 6.45) is -15.5. The van der Waals surface area contributed by atoms with Crippen molar-refractivity contribution in [3.05, 3.63) is 36.4 Å². The summed E-state index contributed by atoms with van der Waals surface area (Å²) < 4.78 is 358. The molecule has 2 aromatic carbocycles. The third kappa shape index (κ3) is 7.47. The molecule has 0 bridgehead atoms. The largest absolute Gasteiger partial charge is 0.495 e. The number of hydrogen-bond acceptors (Lipinski definition) is 4. The van der Waals surface area contributed by atoms with E-state index in [2.05, 4.69) is 9.47 Å².